The Morgan fingerprint density at radius 2 is 0.568 bits per heavy atom. The molecule has 15 rings (SSSR count). The van der Waals surface area contributed by atoms with E-state index in [0.29, 0.717) is 93.1 Å². The van der Waals surface area contributed by atoms with E-state index in [0.717, 1.165) is 99.5 Å². The van der Waals surface area contributed by atoms with Crippen LogP contribution in [0.15, 0.2) is 170 Å². The molecule has 0 aliphatic rings. The van der Waals surface area contributed by atoms with Crippen LogP contribution in [0.25, 0.3) is 146 Å². The normalized spacial score (nSPS) is 11.6. The molecule has 88 heavy (non-hydrogen) atoms. The quantitative estimate of drug-likeness (QED) is 0.124. The summed E-state index contributed by atoms with van der Waals surface area (Å²) in [4.78, 5) is 78.1. The van der Waals surface area contributed by atoms with Gasteiger partial charge in [-0.3, -0.25) is 4.98 Å². The van der Waals surface area contributed by atoms with Gasteiger partial charge < -0.3 is 9.13 Å². The summed E-state index contributed by atoms with van der Waals surface area (Å²) in [5.41, 5.74) is 12.4. The number of benzene rings is 7. The van der Waals surface area contributed by atoms with Crippen LogP contribution in [-0.2, 0) is 0 Å². The summed E-state index contributed by atoms with van der Waals surface area (Å²) in [5.74, 6) is 8.90. The largest absolute Gasteiger partial charge is 0.309 e. The maximum atomic E-state index is 5.50. The fourth-order valence-electron chi connectivity index (χ4n) is 12.0. The molecule has 0 aliphatic carbocycles. The van der Waals surface area contributed by atoms with Crippen molar-refractivity contribution in [3.63, 3.8) is 0 Å². The molecule has 8 aromatic heterocycles. The van der Waals surface area contributed by atoms with Crippen molar-refractivity contribution in [1.82, 2.24) is 88.9 Å². The van der Waals surface area contributed by atoms with Crippen molar-refractivity contribution in [2.45, 2.75) is 55.4 Å². The molecule has 15 aromatic rings. The second-order valence-electron chi connectivity index (χ2n) is 21.7. The average molecular weight is 1150 g/mol. The average Bonchev–Trinajstić information content (AvgIpc) is 1.59. The second-order valence-corrected chi connectivity index (χ2v) is 21.7. The van der Waals surface area contributed by atoms with Crippen molar-refractivity contribution in [2.24, 2.45) is 0 Å². The smallest absolute Gasteiger partial charge is 0.164 e. The van der Waals surface area contributed by atoms with Gasteiger partial charge in [0.2, 0.25) is 0 Å². The molecule has 422 valence electrons. The van der Waals surface area contributed by atoms with Gasteiger partial charge in [-0.15, -0.1) is 0 Å². The third-order valence-corrected chi connectivity index (χ3v) is 15.5. The lowest BCUT2D eigenvalue weighted by Gasteiger charge is -2.20. The van der Waals surface area contributed by atoms with Crippen LogP contribution in [0.1, 0.15) is 46.6 Å². The molecule has 0 saturated heterocycles. The maximum absolute atomic E-state index is 5.50. The van der Waals surface area contributed by atoms with Crippen LogP contribution in [0.5, 0.6) is 0 Å². The Bertz CT molecular complexity index is 4970. The number of aromatic nitrogens is 18. The van der Waals surface area contributed by atoms with Gasteiger partial charge in [0.1, 0.15) is 46.6 Å². The van der Waals surface area contributed by atoms with Gasteiger partial charge in [-0.25, -0.2) is 74.8 Å². The number of fused-ring (bicyclic) bond motifs is 6. The van der Waals surface area contributed by atoms with Gasteiger partial charge >= 0.3 is 0 Å². The SMILES string of the molecule is Cc1nc(C)nc(-c2ccc3c(c2)c2cc(-c4nc(C)nc(C)n4)ccc2n3-c2cccnc2-c2c(-c3nc(-c4ccccc4)nc(-c4ccccc4)n3)cccc2-n2c3ccc(-c4nc(C)nc(C)n4)cc3c3cc(-c4nc(C)nc(C)n4)ccc32)n1. The second kappa shape index (κ2) is 21.1. The van der Waals surface area contributed by atoms with Crippen molar-refractivity contribution in [2.75, 3.05) is 0 Å². The van der Waals surface area contributed by atoms with E-state index in [1.54, 1.807) is 0 Å². The van der Waals surface area contributed by atoms with Gasteiger partial charge in [0.25, 0.3) is 0 Å². The summed E-state index contributed by atoms with van der Waals surface area (Å²) in [6.07, 6.45) is 1.85. The van der Waals surface area contributed by atoms with Crippen LogP contribution >= 0.6 is 0 Å². The van der Waals surface area contributed by atoms with E-state index >= 15 is 0 Å². The number of hydrogen-bond donors (Lipinski definition) is 0. The molecule has 0 saturated carbocycles. The summed E-state index contributed by atoms with van der Waals surface area (Å²) < 4.78 is 4.59. The molecule has 0 unspecified atom stereocenters. The highest BCUT2D eigenvalue weighted by molar-refractivity contribution is 6.14. The fourth-order valence-corrected chi connectivity index (χ4v) is 12.0. The molecule has 0 N–H and O–H groups in total. The minimum atomic E-state index is 0.454. The van der Waals surface area contributed by atoms with Gasteiger partial charge in [-0.05, 0) is 146 Å². The first-order chi connectivity index (χ1) is 42.8. The topological polar surface area (TPSA) is 216 Å². The van der Waals surface area contributed by atoms with E-state index in [9.17, 15) is 0 Å². The van der Waals surface area contributed by atoms with E-state index in [2.05, 4.69) is 126 Å². The first kappa shape index (κ1) is 53.1. The van der Waals surface area contributed by atoms with Gasteiger partial charge in [0, 0.05) is 72.2 Å². The van der Waals surface area contributed by atoms with Crippen molar-refractivity contribution >= 4 is 43.6 Å². The highest BCUT2D eigenvalue weighted by Gasteiger charge is 2.28. The van der Waals surface area contributed by atoms with E-state index in [4.69, 9.17) is 59.8 Å². The monoisotopic (exact) mass is 1140 g/mol. The van der Waals surface area contributed by atoms with Crippen LogP contribution < -0.4 is 0 Å². The molecular weight excluding hydrogens is 1090 g/mol. The third kappa shape index (κ3) is 9.48. The Labute approximate surface area is 504 Å². The minimum Gasteiger partial charge on any atom is -0.309 e. The highest BCUT2D eigenvalue weighted by atomic mass is 15.1. The Hall–Kier alpha value is -11.7. The fraction of sp³-hybridized carbons (Fsp3) is 0.114. The van der Waals surface area contributed by atoms with Crippen molar-refractivity contribution in [3.8, 4) is 102 Å². The standard InChI is InChI=1S/C70H52N18/c1-37-72-38(2)77-66(76-37)47-24-28-56-52(33-47)53-34-48(67-78-39(3)73-40(4)79-67)25-29-57(53)87(56)60-22-15-21-51(70-85-64(45-17-11-9-12-18-45)84-65(86-70)46-19-13-10-14-20-46)62(60)63-61(23-16-32-71-63)88-58-30-26-49(68-80-41(5)74-42(6)81-68)35-54(58)55-36-50(27-31-59(55)88)69-82-43(7)75-44(8)83-69/h9-36H,1-8H3. The molecule has 0 atom stereocenters. The van der Waals surface area contributed by atoms with Crippen LogP contribution in [-0.4, -0.2) is 88.9 Å². The van der Waals surface area contributed by atoms with Crippen molar-refractivity contribution < 1.29 is 0 Å². The summed E-state index contributed by atoms with van der Waals surface area (Å²) in [6.45, 7) is 15.1. The molecule has 18 nitrogen and oxygen atoms in total. The highest BCUT2D eigenvalue weighted by Crippen LogP contribution is 2.46. The lowest BCUT2D eigenvalue weighted by atomic mass is 9.98. The molecule has 8 heterocycles. The molecule has 0 aliphatic heterocycles. The zero-order chi connectivity index (χ0) is 59.9. The van der Waals surface area contributed by atoms with Gasteiger partial charge in [0.15, 0.2) is 40.8 Å². The first-order valence-electron chi connectivity index (χ1n) is 28.8. The predicted octanol–water partition coefficient (Wildman–Crippen LogP) is 14.0. The van der Waals surface area contributed by atoms with Crippen molar-refractivity contribution in [1.29, 1.82) is 0 Å². The van der Waals surface area contributed by atoms with E-state index in [1.807, 2.05) is 128 Å². The summed E-state index contributed by atoms with van der Waals surface area (Å²) in [5, 5.41) is 3.80. The Morgan fingerprint density at radius 1 is 0.250 bits per heavy atom. The lowest BCUT2D eigenvalue weighted by Crippen LogP contribution is -2.06. The first-order valence-corrected chi connectivity index (χ1v) is 28.8. The van der Waals surface area contributed by atoms with Gasteiger partial charge in [-0.1, -0.05) is 72.8 Å². The Morgan fingerprint density at radius 3 is 0.932 bits per heavy atom. The van der Waals surface area contributed by atoms with Crippen LogP contribution in [0.4, 0.5) is 0 Å². The number of nitrogens with zero attached hydrogens (tertiary/aromatic N) is 18. The van der Waals surface area contributed by atoms with Gasteiger partial charge in [0.05, 0.1) is 39.1 Å². The Balaban J connectivity index is 1.05. The zero-order valence-corrected chi connectivity index (χ0v) is 49.2. The maximum Gasteiger partial charge on any atom is 0.164 e. The molecule has 0 bridgehead atoms. The number of pyridine rings is 1. The zero-order valence-electron chi connectivity index (χ0n) is 49.2. The summed E-state index contributed by atoms with van der Waals surface area (Å²) >= 11 is 0. The van der Waals surface area contributed by atoms with Crippen LogP contribution in [0, 0.1) is 55.4 Å². The molecule has 0 radical (unpaired) electrons. The molecule has 0 spiro atoms. The van der Waals surface area contributed by atoms with E-state index in [1.165, 1.54) is 0 Å². The Kier molecular flexibility index (Phi) is 12.8. The number of hydrogen-bond acceptors (Lipinski definition) is 16. The third-order valence-electron chi connectivity index (χ3n) is 15.5. The van der Waals surface area contributed by atoms with E-state index in [-0.39, 0.29) is 0 Å². The summed E-state index contributed by atoms with van der Waals surface area (Å²) in [6, 6.07) is 55.9. The number of rotatable bonds is 10. The van der Waals surface area contributed by atoms with Crippen molar-refractivity contribution in [3.05, 3.63) is 217 Å². The van der Waals surface area contributed by atoms with E-state index < -0.39 is 0 Å². The molecular formula is C70H52N18. The van der Waals surface area contributed by atoms with Crippen LogP contribution in [0.3, 0.4) is 0 Å². The molecule has 18 heteroatoms. The molecule has 7 aromatic carbocycles. The minimum absolute atomic E-state index is 0.454. The molecule has 0 amide bonds. The van der Waals surface area contributed by atoms with Gasteiger partial charge in [-0.2, -0.15) is 0 Å². The van der Waals surface area contributed by atoms with Crippen LogP contribution in [0.2, 0.25) is 0 Å². The lowest BCUT2D eigenvalue weighted by molar-refractivity contribution is 0.928. The molecule has 0 fully saturated rings. The summed E-state index contributed by atoms with van der Waals surface area (Å²) in [7, 11) is 0. The number of aryl methyl sites for hydroxylation is 8. The predicted molar refractivity (Wildman–Crippen MR) is 341 cm³/mol.